The topological polar surface area (TPSA) is 161 Å². The van der Waals surface area contributed by atoms with Crippen molar-refractivity contribution in [3.05, 3.63) is 0 Å². The highest BCUT2D eigenvalue weighted by Crippen LogP contribution is 2.16. The monoisotopic (exact) mass is 546 g/mol. The van der Waals surface area contributed by atoms with E-state index in [0.29, 0.717) is 12.8 Å². The normalized spacial score (nSPS) is 16.6. The molecular formula is C27H48F2N4O5. The standard InChI is InChI=1S/C27H48F2N4O5/c1-13(2)9-17(30)26(37)32-19(11-15(5)6)23(34)21(28)25(36)22(29)24(35)20(12-16(7)8)33-27(38)18(31)10-14(3)4/h13-22H,9-12,30-31H2,1-8H3,(H,32,37)(H,33,38)/t17-,18-,19-,20-,21?,22?/m0/s1. The van der Waals surface area contributed by atoms with Crippen molar-refractivity contribution in [3.8, 4) is 0 Å². The SMILES string of the molecule is CC(C)C[C@H](NC(=O)[C@@H](N)CC(C)C)C(=O)C(F)C(=O)C(F)C(=O)[C@H](CC(C)C)NC(=O)[C@@H](N)CC(C)C. The van der Waals surface area contributed by atoms with Gasteiger partial charge < -0.3 is 22.1 Å². The molecule has 9 nitrogen and oxygen atoms in total. The fraction of sp³-hybridized carbons (Fsp3) is 0.815. The first-order chi connectivity index (χ1) is 17.4. The van der Waals surface area contributed by atoms with Gasteiger partial charge in [-0.25, -0.2) is 8.78 Å². The molecule has 0 fully saturated rings. The van der Waals surface area contributed by atoms with Crippen LogP contribution >= 0.6 is 0 Å². The summed E-state index contributed by atoms with van der Waals surface area (Å²) < 4.78 is 30.1. The van der Waals surface area contributed by atoms with Gasteiger partial charge in [0, 0.05) is 0 Å². The lowest BCUT2D eigenvalue weighted by atomic mass is 9.91. The Morgan fingerprint density at radius 1 is 0.526 bits per heavy atom. The maximum absolute atomic E-state index is 15.0. The Balaban J connectivity index is 5.67. The minimum atomic E-state index is -2.99. The molecule has 2 amide bonds. The Kier molecular flexibility index (Phi) is 15.6. The van der Waals surface area contributed by atoms with E-state index in [0.717, 1.165) is 0 Å². The minimum Gasteiger partial charge on any atom is -0.345 e. The van der Waals surface area contributed by atoms with Crippen molar-refractivity contribution in [2.24, 2.45) is 35.1 Å². The van der Waals surface area contributed by atoms with Gasteiger partial charge in [-0.3, -0.25) is 24.0 Å². The van der Waals surface area contributed by atoms with E-state index in [-0.39, 0.29) is 36.5 Å². The van der Waals surface area contributed by atoms with Crippen molar-refractivity contribution in [1.82, 2.24) is 10.6 Å². The summed E-state index contributed by atoms with van der Waals surface area (Å²) in [5.41, 5.74) is 11.7. The first-order valence-electron chi connectivity index (χ1n) is 13.4. The number of halogens is 2. The third kappa shape index (κ3) is 12.5. The van der Waals surface area contributed by atoms with Crippen LogP contribution in [0.15, 0.2) is 0 Å². The van der Waals surface area contributed by atoms with E-state index in [1.807, 2.05) is 27.7 Å². The van der Waals surface area contributed by atoms with Crippen LogP contribution in [0.25, 0.3) is 0 Å². The zero-order chi connectivity index (χ0) is 29.9. The van der Waals surface area contributed by atoms with Crippen molar-refractivity contribution < 1.29 is 32.8 Å². The van der Waals surface area contributed by atoms with E-state index in [4.69, 9.17) is 11.5 Å². The van der Waals surface area contributed by atoms with Gasteiger partial charge in [-0.2, -0.15) is 0 Å². The van der Waals surface area contributed by atoms with Crippen LogP contribution in [0, 0.1) is 23.7 Å². The van der Waals surface area contributed by atoms with E-state index in [2.05, 4.69) is 10.6 Å². The molecule has 0 aliphatic carbocycles. The van der Waals surface area contributed by atoms with Crippen LogP contribution in [0.2, 0.25) is 0 Å². The van der Waals surface area contributed by atoms with Crippen LogP contribution in [0.4, 0.5) is 8.78 Å². The summed E-state index contributed by atoms with van der Waals surface area (Å²) in [6.45, 7) is 14.3. The average molecular weight is 547 g/mol. The molecule has 0 aliphatic heterocycles. The molecule has 0 heterocycles. The lowest BCUT2D eigenvalue weighted by Crippen LogP contribution is -2.55. The van der Waals surface area contributed by atoms with Crippen LogP contribution in [0.3, 0.4) is 0 Å². The first kappa shape index (κ1) is 35.7. The molecule has 0 saturated heterocycles. The van der Waals surface area contributed by atoms with Crippen molar-refractivity contribution in [3.63, 3.8) is 0 Å². The largest absolute Gasteiger partial charge is 0.345 e. The second-order valence-electron chi connectivity index (χ2n) is 11.8. The van der Waals surface area contributed by atoms with Crippen LogP contribution in [-0.4, -0.2) is 65.7 Å². The lowest BCUT2D eigenvalue weighted by molar-refractivity contribution is -0.144. The molecule has 0 aromatic heterocycles. The highest BCUT2D eigenvalue weighted by atomic mass is 19.1. The molecule has 11 heteroatoms. The Morgan fingerprint density at radius 3 is 1.03 bits per heavy atom. The van der Waals surface area contributed by atoms with Gasteiger partial charge in [0.15, 0.2) is 11.6 Å². The molecule has 0 aromatic rings. The summed E-state index contributed by atoms with van der Waals surface area (Å²) in [6.07, 6.45) is -5.38. The molecule has 0 aliphatic rings. The molecule has 38 heavy (non-hydrogen) atoms. The molecule has 0 saturated carbocycles. The number of nitrogens with one attached hydrogen (secondary N) is 2. The van der Waals surface area contributed by atoms with Gasteiger partial charge in [-0.05, 0) is 49.4 Å². The lowest BCUT2D eigenvalue weighted by Gasteiger charge is -2.25. The molecular weight excluding hydrogens is 498 g/mol. The predicted molar refractivity (Wildman–Crippen MR) is 142 cm³/mol. The van der Waals surface area contributed by atoms with Crippen molar-refractivity contribution >= 4 is 29.2 Å². The Bertz CT molecular complexity index is 755. The van der Waals surface area contributed by atoms with Crippen LogP contribution < -0.4 is 22.1 Å². The molecule has 6 N–H and O–H groups in total. The number of Topliss-reactive ketones (excluding diaryl/α,β-unsaturated/α-hetero) is 3. The zero-order valence-corrected chi connectivity index (χ0v) is 24.1. The zero-order valence-electron chi connectivity index (χ0n) is 24.1. The van der Waals surface area contributed by atoms with Crippen molar-refractivity contribution in [2.75, 3.05) is 0 Å². The van der Waals surface area contributed by atoms with Gasteiger partial charge in [-0.1, -0.05) is 55.4 Å². The van der Waals surface area contributed by atoms with Gasteiger partial charge in [0.05, 0.1) is 24.2 Å². The minimum absolute atomic E-state index is 0.0165. The Hall–Kier alpha value is -2.27. The number of ketones is 3. The van der Waals surface area contributed by atoms with E-state index in [1.165, 1.54) is 0 Å². The third-order valence-corrected chi connectivity index (χ3v) is 5.86. The summed E-state index contributed by atoms with van der Waals surface area (Å²) in [5.74, 6) is -6.16. The fourth-order valence-corrected chi connectivity index (χ4v) is 3.98. The smallest absolute Gasteiger partial charge is 0.237 e. The summed E-state index contributed by atoms with van der Waals surface area (Å²) in [5, 5.41) is 4.75. The number of carbonyl (C=O) groups excluding carboxylic acids is 5. The third-order valence-electron chi connectivity index (χ3n) is 5.86. The number of carbonyl (C=O) groups is 5. The summed E-state index contributed by atoms with van der Waals surface area (Å²) >= 11 is 0. The maximum Gasteiger partial charge on any atom is 0.237 e. The van der Waals surface area contributed by atoms with Crippen LogP contribution in [0.1, 0.15) is 81.1 Å². The number of nitrogens with two attached hydrogens (primary N) is 2. The summed E-state index contributed by atoms with van der Waals surface area (Å²) in [6, 6.07) is -4.77. The van der Waals surface area contributed by atoms with E-state index >= 15 is 8.78 Å². The second-order valence-corrected chi connectivity index (χ2v) is 11.8. The molecule has 0 radical (unpaired) electrons. The molecule has 6 atom stereocenters. The number of hydrogen-bond acceptors (Lipinski definition) is 7. The molecule has 2 unspecified atom stereocenters. The number of rotatable bonds is 18. The Labute approximate surface area is 225 Å². The quantitative estimate of drug-likeness (QED) is 0.192. The van der Waals surface area contributed by atoms with Gasteiger partial charge in [-0.15, -0.1) is 0 Å². The van der Waals surface area contributed by atoms with E-state index in [1.54, 1.807) is 27.7 Å². The van der Waals surface area contributed by atoms with Crippen molar-refractivity contribution in [1.29, 1.82) is 0 Å². The van der Waals surface area contributed by atoms with Gasteiger partial charge in [0.25, 0.3) is 0 Å². The molecule has 0 bridgehead atoms. The van der Waals surface area contributed by atoms with E-state index in [9.17, 15) is 24.0 Å². The second kappa shape index (κ2) is 16.6. The van der Waals surface area contributed by atoms with Gasteiger partial charge >= 0.3 is 0 Å². The molecule has 0 rings (SSSR count). The van der Waals surface area contributed by atoms with Crippen LogP contribution in [0.5, 0.6) is 0 Å². The summed E-state index contributed by atoms with van der Waals surface area (Å²) in [7, 11) is 0. The highest BCUT2D eigenvalue weighted by molar-refractivity contribution is 6.18. The van der Waals surface area contributed by atoms with Crippen LogP contribution in [-0.2, 0) is 24.0 Å². The number of amides is 2. The highest BCUT2D eigenvalue weighted by Gasteiger charge is 2.42. The molecule has 220 valence electrons. The van der Waals surface area contributed by atoms with E-state index < -0.39 is 65.7 Å². The summed E-state index contributed by atoms with van der Waals surface area (Å²) in [4.78, 5) is 63.1. The molecule has 0 aromatic carbocycles. The first-order valence-corrected chi connectivity index (χ1v) is 13.4. The van der Waals surface area contributed by atoms with Crippen molar-refractivity contribution in [2.45, 2.75) is 118 Å². The predicted octanol–water partition coefficient (Wildman–Crippen LogP) is 2.18. The van der Waals surface area contributed by atoms with Gasteiger partial charge in [0.2, 0.25) is 29.9 Å². The maximum atomic E-state index is 15.0. The Morgan fingerprint density at radius 2 is 0.789 bits per heavy atom. The average Bonchev–Trinajstić information content (AvgIpc) is 2.79. The van der Waals surface area contributed by atoms with Gasteiger partial charge in [0.1, 0.15) is 0 Å². The molecule has 0 spiro atoms. The number of alkyl halides is 2. The fourth-order valence-electron chi connectivity index (χ4n) is 3.98. The number of hydrogen-bond donors (Lipinski definition) is 4.